The predicted octanol–water partition coefficient (Wildman–Crippen LogP) is 0.601. The van der Waals surface area contributed by atoms with Gasteiger partial charge in [0.2, 0.25) is 11.8 Å². The average molecular weight is 342 g/mol. The maximum Gasteiger partial charge on any atom is 0.268 e. The van der Waals surface area contributed by atoms with E-state index in [0.29, 0.717) is 6.42 Å². The normalized spacial score (nSPS) is 18.4. The van der Waals surface area contributed by atoms with E-state index >= 15 is 0 Å². The molecule has 3 amide bonds. The highest BCUT2D eigenvalue weighted by Crippen LogP contribution is 2.19. The minimum Gasteiger partial charge on any atom is -0.352 e. The van der Waals surface area contributed by atoms with Crippen LogP contribution < -0.4 is 10.6 Å². The zero-order valence-electron chi connectivity index (χ0n) is 14.2. The Morgan fingerprint density at radius 1 is 1.24 bits per heavy atom. The molecule has 1 unspecified atom stereocenters. The number of rotatable bonds is 6. The van der Waals surface area contributed by atoms with Crippen LogP contribution in [0.1, 0.15) is 31.2 Å². The van der Waals surface area contributed by atoms with Crippen LogP contribution in [0, 0.1) is 0 Å². The first-order chi connectivity index (χ1) is 12.0. The van der Waals surface area contributed by atoms with Crippen molar-refractivity contribution in [1.29, 1.82) is 0 Å². The number of carbonyl (C=O) groups is 3. The SMILES string of the molecule is CN1N=C(C(=O)NC(Cc2ccccc2)C(=O)NC2CC2)CCC1=O. The van der Waals surface area contributed by atoms with Crippen LogP contribution in [-0.4, -0.2) is 47.6 Å². The van der Waals surface area contributed by atoms with Crippen molar-refractivity contribution < 1.29 is 14.4 Å². The third-order valence-corrected chi connectivity index (χ3v) is 4.30. The molecule has 132 valence electrons. The van der Waals surface area contributed by atoms with Gasteiger partial charge in [0, 0.05) is 32.4 Å². The molecule has 25 heavy (non-hydrogen) atoms. The first-order valence-electron chi connectivity index (χ1n) is 8.52. The van der Waals surface area contributed by atoms with Crippen LogP contribution >= 0.6 is 0 Å². The molecule has 1 fully saturated rings. The van der Waals surface area contributed by atoms with Gasteiger partial charge in [-0.3, -0.25) is 14.4 Å². The number of hydrazone groups is 1. The van der Waals surface area contributed by atoms with Gasteiger partial charge in [0.05, 0.1) is 0 Å². The molecule has 2 aliphatic rings. The standard InChI is InChI=1S/C18H22N4O3/c1-22-16(23)10-9-14(21-22)17(24)20-15(18(25)19-13-7-8-13)11-12-5-3-2-4-6-12/h2-6,13,15H,7-11H2,1H3,(H,19,25)(H,20,24). The smallest absolute Gasteiger partial charge is 0.268 e. The third kappa shape index (κ3) is 4.65. The van der Waals surface area contributed by atoms with Crippen molar-refractivity contribution in [3.05, 3.63) is 35.9 Å². The molecule has 0 radical (unpaired) electrons. The van der Waals surface area contributed by atoms with Crippen molar-refractivity contribution in [2.24, 2.45) is 5.10 Å². The van der Waals surface area contributed by atoms with Gasteiger partial charge in [-0.25, -0.2) is 5.01 Å². The van der Waals surface area contributed by atoms with E-state index in [4.69, 9.17) is 0 Å². The molecule has 1 aromatic rings. The Morgan fingerprint density at radius 3 is 2.60 bits per heavy atom. The third-order valence-electron chi connectivity index (χ3n) is 4.30. The van der Waals surface area contributed by atoms with Gasteiger partial charge in [-0.1, -0.05) is 30.3 Å². The lowest BCUT2D eigenvalue weighted by Gasteiger charge is -2.22. The second-order valence-electron chi connectivity index (χ2n) is 6.46. The molecule has 7 nitrogen and oxygen atoms in total. The minimum absolute atomic E-state index is 0.121. The Hall–Kier alpha value is -2.70. The van der Waals surface area contributed by atoms with Gasteiger partial charge in [-0.2, -0.15) is 5.10 Å². The van der Waals surface area contributed by atoms with Crippen LogP contribution in [0.3, 0.4) is 0 Å². The number of amides is 3. The molecular formula is C18H22N4O3. The second kappa shape index (κ2) is 7.46. The quantitative estimate of drug-likeness (QED) is 0.793. The molecule has 1 aliphatic carbocycles. The monoisotopic (exact) mass is 342 g/mol. The van der Waals surface area contributed by atoms with Crippen LogP contribution in [-0.2, 0) is 20.8 Å². The zero-order chi connectivity index (χ0) is 17.8. The van der Waals surface area contributed by atoms with Crippen molar-refractivity contribution >= 4 is 23.4 Å². The number of hydrogen-bond acceptors (Lipinski definition) is 4. The molecule has 1 saturated carbocycles. The summed E-state index contributed by atoms with van der Waals surface area (Å²) in [7, 11) is 1.52. The van der Waals surface area contributed by atoms with E-state index in [2.05, 4.69) is 15.7 Å². The maximum absolute atomic E-state index is 12.5. The molecule has 1 heterocycles. The Morgan fingerprint density at radius 2 is 1.96 bits per heavy atom. The van der Waals surface area contributed by atoms with Gasteiger partial charge >= 0.3 is 0 Å². The highest BCUT2D eigenvalue weighted by Gasteiger charge is 2.30. The molecule has 1 aromatic carbocycles. The van der Waals surface area contributed by atoms with Crippen LogP contribution in [0.2, 0.25) is 0 Å². The zero-order valence-corrected chi connectivity index (χ0v) is 14.2. The molecule has 1 aliphatic heterocycles. The summed E-state index contributed by atoms with van der Waals surface area (Å²) in [5.41, 5.74) is 1.25. The highest BCUT2D eigenvalue weighted by molar-refractivity contribution is 6.39. The van der Waals surface area contributed by atoms with Gasteiger partial charge in [-0.05, 0) is 18.4 Å². The maximum atomic E-state index is 12.5. The van der Waals surface area contributed by atoms with E-state index in [9.17, 15) is 14.4 Å². The van der Waals surface area contributed by atoms with Crippen LogP contribution in [0.25, 0.3) is 0 Å². The summed E-state index contributed by atoms with van der Waals surface area (Å²) in [5, 5.41) is 10.9. The van der Waals surface area contributed by atoms with Crippen LogP contribution in [0.15, 0.2) is 35.4 Å². The lowest BCUT2D eigenvalue weighted by atomic mass is 10.0. The van der Waals surface area contributed by atoms with Crippen molar-refractivity contribution in [3.8, 4) is 0 Å². The van der Waals surface area contributed by atoms with Gasteiger partial charge in [0.15, 0.2) is 0 Å². The molecule has 0 aromatic heterocycles. The van der Waals surface area contributed by atoms with Crippen molar-refractivity contribution in [3.63, 3.8) is 0 Å². The van der Waals surface area contributed by atoms with E-state index in [1.165, 1.54) is 12.1 Å². The lowest BCUT2D eigenvalue weighted by Crippen LogP contribution is -2.51. The number of carbonyl (C=O) groups excluding carboxylic acids is 3. The summed E-state index contributed by atoms with van der Waals surface area (Å²) in [6.45, 7) is 0. The predicted molar refractivity (Wildman–Crippen MR) is 92.7 cm³/mol. The van der Waals surface area contributed by atoms with Gasteiger partial charge in [-0.15, -0.1) is 0 Å². The first-order valence-corrected chi connectivity index (χ1v) is 8.52. The fraction of sp³-hybridized carbons (Fsp3) is 0.444. The number of nitrogens with one attached hydrogen (secondary N) is 2. The van der Waals surface area contributed by atoms with E-state index in [1.54, 1.807) is 0 Å². The Labute approximate surface area is 146 Å². The molecular weight excluding hydrogens is 320 g/mol. The molecule has 0 bridgehead atoms. The van der Waals surface area contributed by atoms with E-state index in [0.717, 1.165) is 18.4 Å². The highest BCUT2D eigenvalue weighted by atomic mass is 16.2. The summed E-state index contributed by atoms with van der Waals surface area (Å²) in [5.74, 6) is -0.698. The fourth-order valence-corrected chi connectivity index (χ4v) is 2.66. The molecule has 2 N–H and O–H groups in total. The minimum atomic E-state index is -0.666. The van der Waals surface area contributed by atoms with Gasteiger partial charge < -0.3 is 10.6 Å². The molecule has 7 heteroatoms. The van der Waals surface area contributed by atoms with E-state index in [-0.39, 0.29) is 36.4 Å². The molecule has 0 saturated heterocycles. The molecule has 1 atom stereocenters. The van der Waals surface area contributed by atoms with E-state index in [1.807, 2.05) is 30.3 Å². The Bertz CT molecular complexity index is 698. The Kier molecular flexibility index (Phi) is 5.11. The van der Waals surface area contributed by atoms with Crippen LogP contribution in [0.4, 0.5) is 0 Å². The second-order valence-corrected chi connectivity index (χ2v) is 6.46. The molecule has 3 rings (SSSR count). The van der Waals surface area contributed by atoms with Crippen molar-refractivity contribution in [2.75, 3.05) is 7.05 Å². The topological polar surface area (TPSA) is 90.9 Å². The Balaban J connectivity index is 1.69. The number of nitrogens with zero attached hydrogens (tertiary/aromatic N) is 2. The van der Waals surface area contributed by atoms with Crippen molar-refractivity contribution in [2.45, 2.75) is 44.2 Å². The summed E-state index contributed by atoms with van der Waals surface area (Å²) < 4.78 is 0. The van der Waals surface area contributed by atoms with Crippen LogP contribution in [0.5, 0.6) is 0 Å². The van der Waals surface area contributed by atoms with Gasteiger partial charge in [0.25, 0.3) is 5.91 Å². The fourth-order valence-electron chi connectivity index (χ4n) is 2.66. The summed E-state index contributed by atoms with van der Waals surface area (Å²) >= 11 is 0. The first kappa shape index (κ1) is 17.1. The van der Waals surface area contributed by atoms with E-state index < -0.39 is 11.9 Å². The summed E-state index contributed by atoms with van der Waals surface area (Å²) in [4.78, 5) is 36.5. The number of benzene rings is 1. The largest absolute Gasteiger partial charge is 0.352 e. The summed E-state index contributed by atoms with van der Waals surface area (Å²) in [6.07, 6.45) is 2.92. The number of hydrogen-bond donors (Lipinski definition) is 2. The summed E-state index contributed by atoms with van der Waals surface area (Å²) in [6, 6.07) is 9.12. The van der Waals surface area contributed by atoms with Gasteiger partial charge in [0.1, 0.15) is 11.8 Å². The molecule has 0 spiro atoms. The average Bonchev–Trinajstić information content (AvgIpc) is 3.41. The van der Waals surface area contributed by atoms with Crippen molar-refractivity contribution in [1.82, 2.24) is 15.6 Å². The lowest BCUT2D eigenvalue weighted by molar-refractivity contribution is -0.130.